The lowest BCUT2D eigenvalue weighted by Gasteiger charge is -2.18. The molecule has 0 heterocycles. The molecular weight excluding hydrogens is 673 g/mol. The zero-order valence-electron chi connectivity index (χ0n) is 36.8. The number of carbonyl (C=O) groups is 3. The van der Waals surface area contributed by atoms with E-state index in [1.165, 1.54) is 148 Å². The molecule has 0 spiro atoms. The second kappa shape index (κ2) is 41.1. The number of hydrogen-bond donors (Lipinski definition) is 0. The first-order chi connectivity index (χ1) is 26.2. The lowest BCUT2D eigenvalue weighted by Crippen LogP contribution is -2.30. The van der Waals surface area contributed by atoms with Crippen LogP contribution in [-0.2, 0) is 28.6 Å². The average molecular weight is 765 g/mol. The predicted molar refractivity (Wildman–Crippen MR) is 229 cm³/mol. The summed E-state index contributed by atoms with van der Waals surface area (Å²) in [6.07, 6.45) is 39.5. The van der Waals surface area contributed by atoms with Crippen molar-refractivity contribution in [3.8, 4) is 0 Å². The van der Waals surface area contributed by atoms with E-state index in [2.05, 4.69) is 34.6 Å². The van der Waals surface area contributed by atoms with Crippen LogP contribution in [0.2, 0.25) is 0 Å². The Bertz CT molecular complexity index is 824. The Labute approximate surface area is 336 Å². The lowest BCUT2D eigenvalue weighted by atomic mass is 10.0. The summed E-state index contributed by atoms with van der Waals surface area (Å²) in [7, 11) is 0. The van der Waals surface area contributed by atoms with E-state index in [0.717, 1.165) is 69.6 Å². The summed E-state index contributed by atoms with van der Waals surface area (Å²) in [6.45, 7) is 11.3. The van der Waals surface area contributed by atoms with Crippen molar-refractivity contribution in [2.24, 2.45) is 11.8 Å². The average Bonchev–Trinajstić information content (AvgIpc) is 3.14. The van der Waals surface area contributed by atoms with Crippen molar-refractivity contribution in [1.29, 1.82) is 0 Å². The van der Waals surface area contributed by atoms with E-state index in [1.54, 1.807) is 0 Å². The molecule has 6 heteroatoms. The summed E-state index contributed by atoms with van der Waals surface area (Å²) in [5.74, 6) is 0.754. The van der Waals surface area contributed by atoms with E-state index in [4.69, 9.17) is 14.2 Å². The second-order valence-corrected chi connectivity index (χ2v) is 17.3. The third kappa shape index (κ3) is 41.6. The molecule has 1 atom stereocenters. The van der Waals surface area contributed by atoms with Crippen LogP contribution in [0.4, 0.5) is 0 Å². The maximum atomic E-state index is 12.7. The SMILES string of the molecule is CCCCCCCCCCCCCC(=O)OC[C@H](COC(=O)CCCCCCCCCCCCCCC(C)C)OC(=O)CCCCCCCCCC(C)C. The first-order valence-corrected chi connectivity index (χ1v) is 23.7. The number of esters is 3. The normalized spacial score (nSPS) is 12.1. The van der Waals surface area contributed by atoms with E-state index in [1.807, 2.05) is 0 Å². The van der Waals surface area contributed by atoms with Gasteiger partial charge in [0.05, 0.1) is 0 Å². The van der Waals surface area contributed by atoms with Crippen molar-refractivity contribution in [3.05, 3.63) is 0 Å². The van der Waals surface area contributed by atoms with Gasteiger partial charge in [0.1, 0.15) is 13.2 Å². The molecule has 0 N–H and O–H groups in total. The van der Waals surface area contributed by atoms with Crippen molar-refractivity contribution in [2.45, 2.75) is 265 Å². The molecule has 0 saturated carbocycles. The topological polar surface area (TPSA) is 78.9 Å². The van der Waals surface area contributed by atoms with Crippen LogP contribution in [-0.4, -0.2) is 37.2 Å². The Balaban J connectivity index is 4.29. The summed E-state index contributed by atoms with van der Waals surface area (Å²) in [4.78, 5) is 37.7. The highest BCUT2D eigenvalue weighted by Crippen LogP contribution is 2.17. The van der Waals surface area contributed by atoms with Crippen LogP contribution >= 0.6 is 0 Å². The van der Waals surface area contributed by atoms with Crippen LogP contribution < -0.4 is 0 Å². The Morgan fingerprint density at radius 1 is 0.352 bits per heavy atom. The molecule has 320 valence electrons. The van der Waals surface area contributed by atoms with E-state index in [0.29, 0.717) is 19.3 Å². The van der Waals surface area contributed by atoms with Gasteiger partial charge in [-0.1, -0.05) is 221 Å². The van der Waals surface area contributed by atoms with Gasteiger partial charge in [0.15, 0.2) is 6.10 Å². The lowest BCUT2D eigenvalue weighted by molar-refractivity contribution is -0.167. The molecule has 0 aromatic heterocycles. The molecule has 0 radical (unpaired) electrons. The van der Waals surface area contributed by atoms with Crippen molar-refractivity contribution in [3.63, 3.8) is 0 Å². The Morgan fingerprint density at radius 3 is 0.907 bits per heavy atom. The van der Waals surface area contributed by atoms with Crippen LogP contribution in [0.25, 0.3) is 0 Å². The zero-order chi connectivity index (χ0) is 39.7. The number of ether oxygens (including phenoxy) is 3. The van der Waals surface area contributed by atoms with Gasteiger partial charge in [-0.25, -0.2) is 0 Å². The second-order valence-electron chi connectivity index (χ2n) is 17.3. The maximum Gasteiger partial charge on any atom is 0.306 e. The summed E-state index contributed by atoms with van der Waals surface area (Å²) < 4.78 is 16.7. The predicted octanol–water partition coefficient (Wildman–Crippen LogP) is 15.0. The molecule has 0 aromatic rings. The third-order valence-electron chi connectivity index (χ3n) is 10.7. The van der Waals surface area contributed by atoms with Crippen molar-refractivity contribution < 1.29 is 28.6 Å². The van der Waals surface area contributed by atoms with Crippen LogP contribution in [0.5, 0.6) is 0 Å². The summed E-state index contributed by atoms with van der Waals surface area (Å²) in [5.41, 5.74) is 0. The fraction of sp³-hybridized carbons (Fsp3) is 0.938. The molecule has 0 aliphatic rings. The molecule has 54 heavy (non-hydrogen) atoms. The minimum Gasteiger partial charge on any atom is -0.462 e. The Hall–Kier alpha value is -1.59. The molecule has 0 bridgehead atoms. The molecule has 6 nitrogen and oxygen atoms in total. The van der Waals surface area contributed by atoms with E-state index >= 15 is 0 Å². The van der Waals surface area contributed by atoms with E-state index < -0.39 is 6.10 Å². The van der Waals surface area contributed by atoms with Gasteiger partial charge in [-0.15, -0.1) is 0 Å². The Kier molecular flexibility index (Phi) is 39.8. The summed E-state index contributed by atoms with van der Waals surface area (Å²) in [6, 6.07) is 0. The first kappa shape index (κ1) is 52.4. The molecular formula is C48H92O6. The first-order valence-electron chi connectivity index (χ1n) is 23.7. The smallest absolute Gasteiger partial charge is 0.306 e. The molecule has 0 unspecified atom stereocenters. The van der Waals surface area contributed by atoms with Gasteiger partial charge >= 0.3 is 17.9 Å². The number of rotatable bonds is 42. The molecule has 0 aliphatic heterocycles. The number of unbranched alkanes of at least 4 members (excludes halogenated alkanes) is 27. The van der Waals surface area contributed by atoms with Gasteiger partial charge in [0.25, 0.3) is 0 Å². The highest BCUT2D eigenvalue weighted by atomic mass is 16.6. The van der Waals surface area contributed by atoms with Crippen molar-refractivity contribution in [1.82, 2.24) is 0 Å². The van der Waals surface area contributed by atoms with Crippen LogP contribution in [0.15, 0.2) is 0 Å². The Morgan fingerprint density at radius 2 is 0.611 bits per heavy atom. The van der Waals surface area contributed by atoms with Gasteiger partial charge in [0, 0.05) is 19.3 Å². The monoisotopic (exact) mass is 765 g/mol. The standard InChI is InChI=1S/C48H92O6/c1-6-7-8-9-10-11-14-18-23-28-33-38-46(49)52-41-45(54-48(51)40-35-30-25-20-22-27-32-37-44(4)5)42-53-47(50)39-34-29-24-19-16-13-12-15-17-21-26-31-36-43(2)3/h43-45H,6-42H2,1-5H3/t45-/m1/s1. The van der Waals surface area contributed by atoms with Gasteiger partial charge < -0.3 is 14.2 Å². The van der Waals surface area contributed by atoms with E-state index in [9.17, 15) is 14.4 Å². The maximum absolute atomic E-state index is 12.7. The van der Waals surface area contributed by atoms with Crippen LogP contribution in [0, 0.1) is 11.8 Å². The number of hydrogen-bond acceptors (Lipinski definition) is 6. The van der Waals surface area contributed by atoms with Crippen molar-refractivity contribution >= 4 is 17.9 Å². The largest absolute Gasteiger partial charge is 0.462 e. The molecule has 0 aromatic carbocycles. The molecule has 0 saturated heterocycles. The van der Waals surface area contributed by atoms with Gasteiger partial charge in [-0.3, -0.25) is 14.4 Å². The molecule has 0 aliphatic carbocycles. The summed E-state index contributed by atoms with van der Waals surface area (Å²) in [5, 5.41) is 0. The minimum absolute atomic E-state index is 0.0651. The highest BCUT2D eigenvalue weighted by molar-refractivity contribution is 5.71. The minimum atomic E-state index is -0.760. The quantitative estimate of drug-likeness (QED) is 0.0350. The fourth-order valence-electron chi connectivity index (χ4n) is 7.11. The van der Waals surface area contributed by atoms with Crippen molar-refractivity contribution in [2.75, 3.05) is 13.2 Å². The van der Waals surface area contributed by atoms with Gasteiger partial charge in [0.2, 0.25) is 0 Å². The van der Waals surface area contributed by atoms with Crippen LogP contribution in [0.3, 0.4) is 0 Å². The van der Waals surface area contributed by atoms with Gasteiger partial charge in [-0.05, 0) is 31.1 Å². The van der Waals surface area contributed by atoms with E-state index in [-0.39, 0.29) is 31.1 Å². The number of carbonyl (C=O) groups excluding carboxylic acids is 3. The molecule has 0 amide bonds. The zero-order valence-corrected chi connectivity index (χ0v) is 36.8. The molecule has 0 rings (SSSR count). The van der Waals surface area contributed by atoms with Gasteiger partial charge in [-0.2, -0.15) is 0 Å². The fourth-order valence-corrected chi connectivity index (χ4v) is 7.11. The van der Waals surface area contributed by atoms with Crippen LogP contribution in [0.1, 0.15) is 259 Å². The summed E-state index contributed by atoms with van der Waals surface area (Å²) >= 11 is 0. The third-order valence-corrected chi connectivity index (χ3v) is 10.7. The molecule has 0 fully saturated rings. The highest BCUT2D eigenvalue weighted by Gasteiger charge is 2.19.